The summed E-state index contributed by atoms with van der Waals surface area (Å²) in [4.78, 5) is 12.4. The van der Waals surface area contributed by atoms with Crippen LogP contribution in [0.5, 0.6) is 0 Å². The van der Waals surface area contributed by atoms with Crippen LogP contribution in [-0.4, -0.2) is 5.91 Å². The Bertz CT molecular complexity index is 457. The van der Waals surface area contributed by atoms with E-state index in [1.807, 2.05) is 6.26 Å². The van der Waals surface area contributed by atoms with E-state index in [0.717, 1.165) is 37.9 Å². The summed E-state index contributed by atoms with van der Waals surface area (Å²) < 4.78 is 5.59. The second kappa shape index (κ2) is 5.40. The van der Waals surface area contributed by atoms with Crippen LogP contribution in [0.1, 0.15) is 67.9 Å². The lowest BCUT2D eigenvalue weighted by Gasteiger charge is -2.27. The number of hydrogen-bond acceptors (Lipinski definition) is 2. The fourth-order valence-corrected chi connectivity index (χ4v) is 3.58. The van der Waals surface area contributed by atoms with E-state index in [0.29, 0.717) is 0 Å². The Kier molecular flexibility index (Phi) is 3.63. The third-order valence-electron chi connectivity index (χ3n) is 4.64. The lowest BCUT2D eigenvalue weighted by atomic mass is 9.87. The molecule has 104 valence electrons. The Hall–Kier alpha value is -1.25. The van der Waals surface area contributed by atoms with Gasteiger partial charge >= 0.3 is 0 Å². The zero-order valence-corrected chi connectivity index (χ0v) is 11.7. The van der Waals surface area contributed by atoms with Gasteiger partial charge in [-0.25, -0.2) is 0 Å². The van der Waals surface area contributed by atoms with Crippen LogP contribution in [0.15, 0.2) is 10.7 Å². The first-order valence-corrected chi connectivity index (χ1v) is 7.63. The minimum absolute atomic E-state index is 0.178. The van der Waals surface area contributed by atoms with Crippen molar-refractivity contribution in [3.05, 3.63) is 23.2 Å². The maximum Gasteiger partial charge on any atom is 0.223 e. The number of aryl methyl sites for hydroxylation is 2. The van der Waals surface area contributed by atoms with Gasteiger partial charge in [-0.3, -0.25) is 4.79 Å². The minimum Gasteiger partial charge on any atom is -0.469 e. The molecule has 3 nitrogen and oxygen atoms in total. The summed E-state index contributed by atoms with van der Waals surface area (Å²) in [6.45, 7) is 2.08. The molecule has 1 aromatic heterocycles. The van der Waals surface area contributed by atoms with Crippen LogP contribution in [0.3, 0.4) is 0 Å². The minimum atomic E-state index is 0.178. The smallest absolute Gasteiger partial charge is 0.223 e. The summed E-state index contributed by atoms with van der Waals surface area (Å²) in [5, 5.41) is 3.27. The second-order valence-corrected chi connectivity index (χ2v) is 6.04. The molecule has 1 saturated carbocycles. The van der Waals surface area contributed by atoms with Gasteiger partial charge in [-0.1, -0.05) is 19.3 Å². The molecule has 19 heavy (non-hydrogen) atoms. The number of fused-ring (bicyclic) bond motifs is 1. The summed E-state index contributed by atoms with van der Waals surface area (Å²) in [7, 11) is 0. The molecule has 2 aliphatic rings. The van der Waals surface area contributed by atoms with E-state index in [2.05, 4.69) is 12.2 Å². The summed E-state index contributed by atoms with van der Waals surface area (Å²) in [6.07, 6.45) is 10.8. The quantitative estimate of drug-likeness (QED) is 0.882. The molecule has 0 radical (unpaired) electrons. The molecule has 2 aliphatic carbocycles. The monoisotopic (exact) mass is 261 g/mol. The van der Waals surface area contributed by atoms with Crippen molar-refractivity contribution in [2.75, 3.05) is 0 Å². The normalized spacial score (nSPS) is 23.9. The lowest BCUT2D eigenvalue weighted by molar-refractivity contribution is -0.126. The van der Waals surface area contributed by atoms with E-state index in [4.69, 9.17) is 4.42 Å². The van der Waals surface area contributed by atoms with Crippen molar-refractivity contribution >= 4 is 5.91 Å². The van der Waals surface area contributed by atoms with Crippen LogP contribution >= 0.6 is 0 Å². The van der Waals surface area contributed by atoms with Gasteiger partial charge in [0, 0.05) is 17.9 Å². The maximum absolute atomic E-state index is 12.4. The van der Waals surface area contributed by atoms with Crippen molar-refractivity contribution < 1.29 is 9.21 Å². The van der Waals surface area contributed by atoms with Crippen molar-refractivity contribution in [1.82, 2.24) is 5.32 Å². The fourth-order valence-electron chi connectivity index (χ4n) is 3.58. The number of amides is 1. The van der Waals surface area contributed by atoms with Crippen molar-refractivity contribution in [2.45, 2.75) is 64.3 Å². The van der Waals surface area contributed by atoms with Gasteiger partial charge < -0.3 is 9.73 Å². The van der Waals surface area contributed by atoms with Crippen LogP contribution in [0.4, 0.5) is 0 Å². The number of carbonyl (C=O) groups is 1. The number of furan rings is 1. The molecular weight excluding hydrogens is 238 g/mol. The van der Waals surface area contributed by atoms with Crippen LogP contribution in [0, 0.1) is 12.8 Å². The Balaban J connectivity index is 1.70. The van der Waals surface area contributed by atoms with E-state index >= 15 is 0 Å². The molecule has 1 N–H and O–H groups in total. The Morgan fingerprint density at radius 1 is 1.21 bits per heavy atom. The highest BCUT2D eigenvalue weighted by Crippen LogP contribution is 2.34. The third-order valence-corrected chi connectivity index (χ3v) is 4.64. The Labute approximate surface area is 114 Å². The largest absolute Gasteiger partial charge is 0.469 e. The Morgan fingerprint density at radius 2 is 2.00 bits per heavy atom. The SMILES string of the molecule is Cc1coc2c1C(NC(=O)C1CCCCC1)CCC2. The van der Waals surface area contributed by atoms with Crippen LogP contribution in [-0.2, 0) is 11.2 Å². The zero-order valence-electron chi connectivity index (χ0n) is 11.7. The standard InChI is InChI=1S/C16H23NO2/c1-11-10-19-14-9-5-8-13(15(11)14)17-16(18)12-6-3-2-4-7-12/h10,12-13H,2-9H2,1H3,(H,17,18). The zero-order chi connectivity index (χ0) is 13.2. The lowest BCUT2D eigenvalue weighted by Crippen LogP contribution is -2.36. The van der Waals surface area contributed by atoms with Gasteiger partial charge in [-0.15, -0.1) is 0 Å². The number of hydrogen-bond donors (Lipinski definition) is 1. The van der Waals surface area contributed by atoms with Gasteiger partial charge in [0.15, 0.2) is 0 Å². The molecule has 0 spiro atoms. The molecule has 3 heteroatoms. The predicted octanol–water partition coefficient (Wildman–Crippen LogP) is 3.66. The molecule has 0 saturated heterocycles. The number of carbonyl (C=O) groups excluding carboxylic acids is 1. The van der Waals surface area contributed by atoms with Gasteiger partial charge in [0.2, 0.25) is 5.91 Å². The molecule has 0 aromatic carbocycles. The average molecular weight is 261 g/mol. The topological polar surface area (TPSA) is 42.2 Å². The molecule has 3 rings (SSSR count). The van der Waals surface area contributed by atoms with Gasteiger partial charge in [-0.2, -0.15) is 0 Å². The highest BCUT2D eigenvalue weighted by Gasteiger charge is 2.29. The molecule has 1 atom stereocenters. The molecule has 0 bridgehead atoms. The fraction of sp³-hybridized carbons (Fsp3) is 0.688. The van der Waals surface area contributed by atoms with Gasteiger partial charge in [0.05, 0.1) is 12.3 Å². The van der Waals surface area contributed by atoms with Crippen LogP contribution in [0.25, 0.3) is 0 Å². The van der Waals surface area contributed by atoms with E-state index in [-0.39, 0.29) is 17.9 Å². The predicted molar refractivity (Wildman–Crippen MR) is 73.8 cm³/mol. The van der Waals surface area contributed by atoms with Gasteiger partial charge in [0.25, 0.3) is 0 Å². The molecule has 1 aromatic rings. The van der Waals surface area contributed by atoms with Crippen molar-refractivity contribution in [2.24, 2.45) is 5.92 Å². The van der Waals surface area contributed by atoms with Crippen molar-refractivity contribution in [3.63, 3.8) is 0 Å². The first-order valence-electron chi connectivity index (χ1n) is 7.63. The molecule has 1 unspecified atom stereocenters. The molecule has 0 aliphatic heterocycles. The van der Waals surface area contributed by atoms with Gasteiger partial charge in [0.1, 0.15) is 5.76 Å². The average Bonchev–Trinajstić information content (AvgIpc) is 2.83. The van der Waals surface area contributed by atoms with E-state index in [1.54, 1.807) is 0 Å². The highest BCUT2D eigenvalue weighted by molar-refractivity contribution is 5.79. The summed E-state index contributed by atoms with van der Waals surface area (Å²) in [5.74, 6) is 1.59. The summed E-state index contributed by atoms with van der Waals surface area (Å²) in [6, 6.07) is 0.178. The summed E-state index contributed by atoms with van der Waals surface area (Å²) >= 11 is 0. The Morgan fingerprint density at radius 3 is 2.79 bits per heavy atom. The third kappa shape index (κ3) is 2.56. The van der Waals surface area contributed by atoms with E-state index in [9.17, 15) is 4.79 Å². The first-order chi connectivity index (χ1) is 9.25. The number of nitrogens with one attached hydrogen (secondary N) is 1. The van der Waals surface area contributed by atoms with E-state index < -0.39 is 0 Å². The highest BCUT2D eigenvalue weighted by atomic mass is 16.3. The second-order valence-electron chi connectivity index (χ2n) is 6.04. The van der Waals surface area contributed by atoms with Crippen molar-refractivity contribution in [1.29, 1.82) is 0 Å². The van der Waals surface area contributed by atoms with Crippen molar-refractivity contribution in [3.8, 4) is 0 Å². The molecule has 1 heterocycles. The van der Waals surface area contributed by atoms with Gasteiger partial charge in [-0.05, 0) is 38.2 Å². The van der Waals surface area contributed by atoms with Crippen LogP contribution < -0.4 is 5.32 Å². The van der Waals surface area contributed by atoms with E-state index in [1.165, 1.54) is 30.4 Å². The van der Waals surface area contributed by atoms with Crippen LogP contribution in [0.2, 0.25) is 0 Å². The molecule has 1 fully saturated rings. The first kappa shape index (κ1) is 12.8. The molecular formula is C16H23NO2. The maximum atomic E-state index is 12.4. The molecule has 1 amide bonds. The number of rotatable bonds is 2. The summed E-state index contributed by atoms with van der Waals surface area (Å²) in [5.41, 5.74) is 2.43.